The maximum absolute atomic E-state index is 11.9. The minimum atomic E-state index is -0.462. The molecule has 0 radical (unpaired) electrons. The number of amides is 1. The second-order valence-corrected chi connectivity index (χ2v) is 5.64. The molecule has 1 aromatic rings. The fraction of sp³-hybridized carbons (Fsp3) is 0.529. The zero-order valence-corrected chi connectivity index (χ0v) is 13.5. The Balaban J connectivity index is 1.80. The number of ether oxygens (including phenoxy) is 3. The van der Waals surface area contributed by atoms with E-state index in [-0.39, 0.29) is 30.8 Å². The van der Waals surface area contributed by atoms with Gasteiger partial charge in [0.25, 0.3) is 0 Å². The second kappa shape index (κ2) is 8.53. The first-order valence-electron chi connectivity index (χ1n) is 7.75. The summed E-state index contributed by atoms with van der Waals surface area (Å²) < 4.78 is 15.8. The average Bonchev–Trinajstić information content (AvgIpc) is 2.54. The Bertz CT molecular complexity index is 519. The van der Waals surface area contributed by atoms with Crippen molar-refractivity contribution in [2.24, 2.45) is 0 Å². The van der Waals surface area contributed by atoms with Gasteiger partial charge in [0.15, 0.2) is 0 Å². The van der Waals surface area contributed by atoms with Crippen molar-refractivity contribution >= 4 is 12.1 Å². The van der Waals surface area contributed by atoms with Gasteiger partial charge in [0.2, 0.25) is 0 Å². The Kier molecular flexibility index (Phi) is 6.40. The van der Waals surface area contributed by atoms with Gasteiger partial charge in [-0.2, -0.15) is 0 Å². The summed E-state index contributed by atoms with van der Waals surface area (Å²) in [7, 11) is 1.60. The third-order valence-corrected chi connectivity index (χ3v) is 3.89. The third kappa shape index (κ3) is 5.56. The van der Waals surface area contributed by atoms with Gasteiger partial charge in [0, 0.05) is 26.5 Å². The zero-order valence-electron chi connectivity index (χ0n) is 13.5. The van der Waals surface area contributed by atoms with E-state index in [0.29, 0.717) is 6.42 Å². The fourth-order valence-electron chi connectivity index (χ4n) is 2.77. The van der Waals surface area contributed by atoms with Crippen molar-refractivity contribution in [3.8, 4) is 0 Å². The van der Waals surface area contributed by atoms with Crippen LogP contribution in [-0.2, 0) is 25.6 Å². The van der Waals surface area contributed by atoms with Gasteiger partial charge >= 0.3 is 12.1 Å². The summed E-state index contributed by atoms with van der Waals surface area (Å²) in [5.41, 5.74) is 0.934. The summed E-state index contributed by atoms with van der Waals surface area (Å²) in [5.74, 6) is -0.343. The lowest BCUT2D eigenvalue weighted by molar-refractivity contribution is -0.157. The van der Waals surface area contributed by atoms with E-state index in [2.05, 4.69) is 5.32 Å². The van der Waals surface area contributed by atoms with Crippen LogP contribution in [0.1, 0.15) is 31.7 Å². The number of benzene rings is 1. The summed E-state index contributed by atoms with van der Waals surface area (Å²) in [4.78, 5) is 23.1. The number of hydrogen-bond donors (Lipinski definition) is 1. The van der Waals surface area contributed by atoms with E-state index in [9.17, 15) is 9.59 Å². The Labute approximate surface area is 136 Å². The number of carbonyl (C=O) groups is 2. The SMILES string of the molecule is CO[C@H]1CC[C@H](NC(=O)OCc2ccccc2)C[C@@H]1OC(C)=O. The van der Waals surface area contributed by atoms with Crippen molar-refractivity contribution in [2.75, 3.05) is 7.11 Å². The Hall–Kier alpha value is -2.08. The van der Waals surface area contributed by atoms with Gasteiger partial charge in [-0.05, 0) is 18.4 Å². The van der Waals surface area contributed by atoms with Crippen LogP contribution >= 0.6 is 0 Å². The van der Waals surface area contributed by atoms with Gasteiger partial charge in [-0.25, -0.2) is 4.79 Å². The molecule has 126 valence electrons. The first-order valence-corrected chi connectivity index (χ1v) is 7.75. The van der Waals surface area contributed by atoms with Gasteiger partial charge in [-0.1, -0.05) is 30.3 Å². The highest BCUT2D eigenvalue weighted by atomic mass is 16.6. The van der Waals surface area contributed by atoms with Crippen molar-refractivity contribution < 1.29 is 23.8 Å². The standard InChI is InChI=1S/C17H23NO5/c1-12(19)23-16-10-14(8-9-15(16)21-2)18-17(20)22-11-13-6-4-3-5-7-13/h3-7,14-16H,8-11H2,1-2H3,(H,18,20)/t14-,15-,16-/m0/s1. The minimum Gasteiger partial charge on any atom is -0.460 e. The molecule has 1 aromatic carbocycles. The number of hydrogen-bond acceptors (Lipinski definition) is 5. The highest BCUT2D eigenvalue weighted by Crippen LogP contribution is 2.24. The van der Waals surface area contributed by atoms with Gasteiger partial charge in [0.1, 0.15) is 12.7 Å². The lowest BCUT2D eigenvalue weighted by Gasteiger charge is -2.34. The molecule has 1 aliphatic carbocycles. The molecule has 0 aliphatic heterocycles. The van der Waals surface area contributed by atoms with Gasteiger partial charge < -0.3 is 19.5 Å². The third-order valence-electron chi connectivity index (χ3n) is 3.89. The van der Waals surface area contributed by atoms with Crippen LogP contribution in [0.5, 0.6) is 0 Å². The van der Waals surface area contributed by atoms with E-state index in [1.165, 1.54) is 6.92 Å². The molecule has 1 saturated carbocycles. The van der Waals surface area contributed by atoms with E-state index in [4.69, 9.17) is 14.2 Å². The van der Waals surface area contributed by atoms with Crippen molar-refractivity contribution in [3.05, 3.63) is 35.9 Å². The first-order chi connectivity index (χ1) is 11.1. The summed E-state index contributed by atoms with van der Waals surface area (Å²) in [5, 5.41) is 2.83. The van der Waals surface area contributed by atoms with E-state index >= 15 is 0 Å². The Morgan fingerprint density at radius 3 is 2.57 bits per heavy atom. The Morgan fingerprint density at radius 2 is 1.91 bits per heavy atom. The van der Waals surface area contributed by atoms with Crippen LogP contribution in [0.15, 0.2) is 30.3 Å². The van der Waals surface area contributed by atoms with Gasteiger partial charge in [-0.3, -0.25) is 4.79 Å². The lowest BCUT2D eigenvalue weighted by atomic mass is 9.90. The highest BCUT2D eigenvalue weighted by Gasteiger charge is 2.33. The highest BCUT2D eigenvalue weighted by molar-refractivity contribution is 5.68. The summed E-state index contributed by atoms with van der Waals surface area (Å²) in [6, 6.07) is 9.40. The van der Waals surface area contributed by atoms with E-state index in [1.54, 1.807) is 7.11 Å². The number of nitrogens with one attached hydrogen (secondary N) is 1. The molecule has 0 spiro atoms. The van der Waals surface area contributed by atoms with Crippen molar-refractivity contribution in [2.45, 2.75) is 51.0 Å². The summed E-state index contributed by atoms with van der Waals surface area (Å²) >= 11 is 0. The van der Waals surface area contributed by atoms with Crippen LogP contribution in [-0.4, -0.2) is 37.4 Å². The maximum Gasteiger partial charge on any atom is 0.407 e. The van der Waals surface area contributed by atoms with Crippen LogP contribution in [0, 0.1) is 0 Å². The first kappa shape index (κ1) is 17.3. The predicted octanol–water partition coefficient (Wildman–Crippen LogP) is 2.41. The second-order valence-electron chi connectivity index (χ2n) is 5.64. The molecular formula is C17H23NO5. The van der Waals surface area contributed by atoms with Crippen LogP contribution in [0.4, 0.5) is 4.79 Å². The van der Waals surface area contributed by atoms with Crippen LogP contribution in [0.2, 0.25) is 0 Å². The summed E-state index contributed by atoms with van der Waals surface area (Å²) in [6.45, 7) is 1.60. The number of methoxy groups -OCH3 is 1. The molecule has 0 heterocycles. The van der Waals surface area contributed by atoms with Gasteiger partial charge in [0.05, 0.1) is 6.10 Å². The fourth-order valence-corrected chi connectivity index (χ4v) is 2.77. The Morgan fingerprint density at radius 1 is 1.17 bits per heavy atom. The normalized spacial score (nSPS) is 23.8. The van der Waals surface area contributed by atoms with E-state index < -0.39 is 6.09 Å². The molecule has 1 aliphatic rings. The lowest BCUT2D eigenvalue weighted by Crippen LogP contribution is -2.47. The van der Waals surface area contributed by atoms with Crippen LogP contribution in [0.3, 0.4) is 0 Å². The molecule has 23 heavy (non-hydrogen) atoms. The van der Waals surface area contributed by atoms with Gasteiger partial charge in [-0.15, -0.1) is 0 Å². The molecule has 6 heteroatoms. The molecule has 0 unspecified atom stereocenters. The number of esters is 1. The van der Waals surface area contributed by atoms with Crippen molar-refractivity contribution in [1.82, 2.24) is 5.32 Å². The quantitative estimate of drug-likeness (QED) is 0.843. The topological polar surface area (TPSA) is 73.9 Å². The molecule has 0 aromatic heterocycles. The molecule has 0 bridgehead atoms. The minimum absolute atomic E-state index is 0.0889. The molecule has 6 nitrogen and oxygen atoms in total. The number of rotatable bonds is 5. The predicted molar refractivity (Wildman–Crippen MR) is 83.8 cm³/mol. The summed E-state index contributed by atoms with van der Waals surface area (Å²) in [6.07, 6.45) is 1.08. The average molecular weight is 321 g/mol. The van der Waals surface area contributed by atoms with Crippen molar-refractivity contribution in [3.63, 3.8) is 0 Å². The molecule has 0 saturated heterocycles. The maximum atomic E-state index is 11.9. The number of carbonyl (C=O) groups excluding carboxylic acids is 2. The molecule has 1 amide bonds. The van der Waals surface area contributed by atoms with Crippen LogP contribution in [0.25, 0.3) is 0 Å². The molecular weight excluding hydrogens is 298 g/mol. The van der Waals surface area contributed by atoms with Crippen LogP contribution < -0.4 is 5.32 Å². The van der Waals surface area contributed by atoms with E-state index in [0.717, 1.165) is 18.4 Å². The largest absolute Gasteiger partial charge is 0.460 e. The molecule has 1 N–H and O–H groups in total. The van der Waals surface area contributed by atoms with Crippen molar-refractivity contribution in [1.29, 1.82) is 0 Å². The monoisotopic (exact) mass is 321 g/mol. The zero-order chi connectivity index (χ0) is 16.7. The molecule has 2 rings (SSSR count). The van der Waals surface area contributed by atoms with E-state index in [1.807, 2.05) is 30.3 Å². The smallest absolute Gasteiger partial charge is 0.407 e. The number of alkyl carbamates (subject to hydrolysis) is 1. The molecule has 3 atom stereocenters. The molecule has 1 fully saturated rings.